The average Bonchev–Trinajstić information content (AvgIpc) is 2.44. The van der Waals surface area contributed by atoms with E-state index in [9.17, 15) is 4.39 Å². The summed E-state index contributed by atoms with van der Waals surface area (Å²) in [5.74, 6) is 0.347. The molecule has 0 aliphatic carbocycles. The van der Waals surface area contributed by atoms with Crippen molar-refractivity contribution in [3.63, 3.8) is 0 Å². The number of benzene rings is 2. The van der Waals surface area contributed by atoms with Gasteiger partial charge in [0.15, 0.2) is 11.5 Å². The molecule has 2 aromatic carbocycles. The molecule has 0 aliphatic heterocycles. The van der Waals surface area contributed by atoms with Gasteiger partial charge in [-0.25, -0.2) is 4.39 Å². The van der Waals surface area contributed by atoms with Crippen LogP contribution in [-0.2, 0) is 0 Å². The summed E-state index contributed by atoms with van der Waals surface area (Å²) < 4.78 is 19.1. The smallest absolute Gasteiger partial charge is 0.153 e. The van der Waals surface area contributed by atoms with E-state index in [0.717, 1.165) is 5.39 Å². The molecule has 3 aromatic rings. The topological polar surface area (TPSA) is 48.1 Å². The summed E-state index contributed by atoms with van der Waals surface area (Å²) in [6.07, 6.45) is 1.68. The second-order valence-corrected chi connectivity index (χ2v) is 4.08. The van der Waals surface area contributed by atoms with E-state index in [1.807, 2.05) is 24.3 Å². The van der Waals surface area contributed by atoms with E-state index in [0.29, 0.717) is 11.3 Å². The lowest BCUT2D eigenvalue weighted by Gasteiger charge is -2.10. The summed E-state index contributed by atoms with van der Waals surface area (Å²) >= 11 is 0. The number of pyridine rings is 1. The van der Waals surface area contributed by atoms with Crippen molar-refractivity contribution in [1.82, 2.24) is 4.98 Å². The van der Waals surface area contributed by atoms with Crippen LogP contribution in [0.1, 0.15) is 0 Å². The molecule has 0 unspecified atom stereocenters. The molecule has 0 saturated heterocycles. The van der Waals surface area contributed by atoms with Crippen molar-refractivity contribution in [2.24, 2.45) is 0 Å². The minimum Gasteiger partial charge on any atom is -0.453 e. The third-order valence-corrected chi connectivity index (χ3v) is 2.83. The number of fused-ring (bicyclic) bond motifs is 1. The highest BCUT2D eigenvalue weighted by Gasteiger charge is 2.09. The van der Waals surface area contributed by atoms with Crippen molar-refractivity contribution in [1.29, 1.82) is 0 Å². The Morgan fingerprint density at radius 3 is 2.58 bits per heavy atom. The molecule has 1 heterocycles. The van der Waals surface area contributed by atoms with Gasteiger partial charge in [0.1, 0.15) is 17.0 Å². The highest BCUT2D eigenvalue weighted by molar-refractivity contribution is 5.84. The van der Waals surface area contributed by atoms with Crippen LogP contribution >= 0.6 is 0 Å². The molecule has 1 aromatic heterocycles. The van der Waals surface area contributed by atoms with Crippen LogP contribution in [0, 0.1) is 5.82 Å². The molecule has 94 valence electrons. The van der Waals surface area contributed by atoms with Gasteiger partial charge in [0.2, 0.25) is 0 Å². The van der Waals surface area contributed by atoms with Crippen LogP contribution in [0.4, 0.5) is 10.1 Å². The Bertz CT molecular complexity index is 738. The van der Waals surface area contributed by atoms with Gasteiger partial charge in [0.25, 0.3) is 0 Å². The molecule has 4 heteroatoms. The van der Waals surface area contributed by atoms with Crippen LogP contribution in [0.3, 0.4) is 0 Å². The molecule has 3 nitrogen and oxygen atoms in total. The van der Waals surface area contributed by atoms with E-state index in [4.69, 9.17) is 10.5 Å². The Labute approximate surface area is 109 Å². The lowest BCUT2D eigenvalue weighted by Crippen LogP contribution is -1.96. The maximum atomic E-state index is 13.4. The van der Waals surface area contributed by atoms with E-state index >= 15 is 0 Å². The van der Waals surface area contributed by atoms with Crippen LogP contribution < -0.4 is 10.5 Å². The number of para-hydroxylation sites is 2. The summed E-state index contributed by atoms with van der Waals surface area (Å²) in [5, 5.41) is 0.954. The highest BCUT2D eigenvalue weighted by Crippen LogP contribution is 2.32. The first kappa shape index (κ1) is 11.5. The fourth-order valence-corrected chi connectivity index (χ4v) is 1.88. The fraction of sp³-hybridized carbons (Fsp3) is 0. The van der Waals surface area contributed by atoms with Crippen molar-refractivity contribution < 1.29 is 9.13 Å². The maximum absolute atomic E-state index is 13.4. The van der Waals surface area contributed by atoms with Gasteiger partial charge in [-0.1, -0.05) is 24.3 Å². The minimum atomic E-state index is -0.495. The Kier molecular flexibility index (Phi) is 2.76. The predicted octanol–water partition coefficient (Wildman–Crippen LogP) is 3.75. The molecule has 19 heavy (non-hydrogen) atoms. The van der Waals surface area contributed by atoms with Crippen molar-refractivity contribution in [3.8, 4) is 11.5 Å². The third-order valence-electron chi connectivity index (χ3n) is 2.83. The second kappa shape index (κ2) is 4.57. The third kappa shape index (κ3) is 2.08. The Hall–Kier alpha value is -2.62. The number of hydrogen-bond acceptors (Lipinski definition) is 3. The Morgan fingerprint density at radius 1 is 0.947 bits per heavy atom. The van der Waals surface area contributed by atoms with Crippen LogP contribution in [-0.4, -0.2) is 4.98 Å². The Morgan fingerprint density at radius 2 is 1.68 bits per heavy atom. The zero-order valence-corrected chi connectivity index (χ0v) is 10.0. The lowest BCUT2D eigenvalue weighted by atomic mass is 10.2. The van der Waals surface area contributed by atoms with E-state index < -0.39 is 5.82 Å². The van der Waals surface area contributed by atoms with Crippen LogP contribution in [0.15, 0.2) is 54.7 Å². The van der Waals surface area contributed by atoms with Gasteiger partial charge in [-0.05, 0) is 24.3 Å². The number of halogens is 1. The van der Waals surface area contributed by atoms with E-state index in [2.05, 4.69) is 4.98 Å². The van der Waals surface area contributed by atoms with Gasteiger partial charge >= 0.3 is 0 Å². The van der Waals surface area contributed by atoms with E-state index in [-0.39, 0.29) is 11.4 Å². The van der Waals surface area contributed by atoms with Crippen LogP contribution in [0.25, 0.3) is 10.9 Å². The Balaban J connectivity index is 2.09. The first-order valence-corrected chi connectivity index (χ1v) is 5.81. The minimum absolute atomic E-state index is 0.00423. The fourth-order valence-electron chi connectivity index (χ4n) is 1.88. The largest absolute Gasteiger partial charge is 0.453 e. The van der Waals surface area contributed by atoms with Gasteiger partial charge in [-0.3, -0.25) is 4.98 Å². The number of nitrogen functional groups attached to an aromatic ring is 1. The van der Waals surface area contributed by atoms with Gasteiger partial charge in [0.05, 0.1) is 0 Å². The zero-order valence-electron chi connectivity index (χ0n) is 10.0. The number of nitrogens with two attached hydrogens (primary N) is 1. The summed E-state index contributed by atoms with van der Waals surface area (Å²) in [6, 6.07) is 13.8. The van der Waals surface area contributed by atoms with Gasteiger partial charge in [-0.15, -0.1) is 0 Å². The average molecular weight is 254 g/mol. The highest BCUT2D eigenvalue weighted by atomic mass is 19.1. The molecule has 2 N–H and O–H groups in total. The first-order chi connectivity index (χ1) is 9.25. The van der Waals surface area contributed by atoms with Crippen molar-refractivity contribution in [2.75, 3.05) is 5.73 Å². The molecule has 0 spiro atoms. The van der Waals surface area contributed by atoms with Crippen molar-refractivity contribution >= 4 is 16.6 Å². The number of nitrogens with zero attached hydrogens (tertiary/aromatic N) is 1. The molecule has 0 fully saturated rings. The zero-order chi connectivity index (χ0) is 13.2. The summed E-state index contributed by atoms with van der Waals surface area (Å²) in [5.41, 5.74) is 6.37. The standard InChI is InChI=1S/C15H11FN2O/c16-11-6-2-7-12(14(11)17)19-13-8-1-4-10-5-3-9-18-15(10)13/h1-9H,17H2. The molecule has 0 saturated carbocycles. The number of hydrogen-bond donors (Lipinski definition) is 1. The summed E-state index contributed by atoms with van der Waals surface area (Å²) in [7, 11) is 0. The van der Waals surface area contributed by atoms with E-state index in [1.54, 1.807) is 24.4 Å². The molecule has 0 atom stereocenters. The number of anilines is 1. The maximum Gasteiger partial charge on any atom is 0.153 e. The molecule has 0 amide bonds. The quantitative estimate of drug-likeness (QED) is 0.708. The molecule has 0 bridgehead atoms. The van der Waals surface area contributed by atoms with Crippen molar-refractivity contribution in [2.45, 2.75) is 0 Å². The number of aromatic nitrogens is 1. The SMILES string of the molecule is Nc1c(F)cccc1Oc1cccc2cccnc12. The van der Waals surface area contributed by atoms with Crippen LogP contribution in [0.2, 0.25) is 0 Å². The van der Waals surface area contributed by atoms with Gasteiger partial charge < -0.3 is 10.5 Å². The second-order valence-electron chi connectivity index (χ2n) is 4.08. The predicted molar refractivity (Wildman–Crippen MR) is 72.6 cm³/mol. The number of ether oxygens (including phenoxy) is 1. The molecule has 0 aliphatic rings. The normalized spacial score (nSPS) is 10.6. The molecule has 0 radical (unpaired) electrons. The summed E-state index contributed by atoms with van der Waals surface area (Å²) in [6.45, 7) is 0. The lowest BCUT2D eigenvalue weighted by molar-refractivity contribution is 0.484. The molecule has 3 rings (SSSR count). The summed E-state index contributed by atoms with van der Waals surface area (Å²) in [4.78, 5) is 4.27. The number of rotatable bonds is 2. The van der Waals surface area contributed by atoms with Crippen molar-refractivity contribution in [3.05, 3.63) is 60.5 Å². The molecular formula is C15H11FN2O. The molecular weight excluding hydrogens is 243 g/mol. The first-order valence-electron chi connectivity index (χ1n) is 5.81. The van der Waals surface area contributed by atoms with Gasteiger partial charge in [0, 0.05) is 11.6 Å². The van der Waals surface area contributed by atoms with Gasteiger partial charge in [-0.2, -0.15) is 0 Å². The van der Waals surface area contributed by atoms with E-state index in [1.165, 1.54) is 6.07 Å². The van der Waals surface area contributed by atoms with Crippen LogP contribution in [0.5, 0.6) is 11.5 Å². The monoisotopic (exact) mass is 254 g/mol.